The lowest BCUT2D eigenvalue weighted by molar-refractivity contribution is 0.104. The zero-order chi connectivity index (χ0) is 8.27. The van der Waals surface area contributed by atoms with Crippen LogP contribution in [0, 0.1) is 11.8 Å². The molecule has 0 aromatic heterocycles. The minimum atomic E-state index is -0.0217. The highest BCUT2D eigenvalue weighted by molar-refractivity contribution is 4.78. The lowest BCUT2D eigenvalue weighted by Gasteiger charge is -2.15. The Morgan fingerprint density at radius 3 is 2.55 bits per heavy atom. The van der Waals surface area contributed by atoms with Crippen LogP contribution in [0.5, 0.6) is 0 Å². The van der Waals surface area contributed by atoms with Crippen molar-refractivity contribution in [2.45, 2.75) is 52.1 Å². The molecule has 1 N–H and O–H groups in total. The Morgan fingerprint density at radius 1 is 1.36 bits per heavy atom. The van der Waals surface area contributed by atoms with Crippen molar-refractivity contribution in [2.75, 3.05) is 0 Å². The molecule has 0 bridgehead atoms. The van der Waals surface area contributed by atoms with Gasteiger partial charge in [0.15, 0.2) is 0 Å². The quantitative estimate of drug-likeness (QED) is 0.666. The lowest BCUT2D eigenvalue weighted by Crippen LogP contribution is -2.16. The first-order valence-electron chi connectivity index (χ1n) is 4.96. The van der Waals surface area contributed by atoms with Gasteiger partial charge in [-0.3, -0.25) is 0 Å². The van der Waals surface area contributed by atoms with Crippen LogP contribution in [0.4, 0.5) is 0 Å². The first-order chi connectivity index (χ1) is 5.27. The van der Waals surface area contributed by atoms with Gasteiger partial charge in [-0.1, -0.05) is 26.7 Å². The van der Waals surface area contributed by atoms with Crippen molar-refractivity contribution < 1.29 is 5.11 Å². The summed E-state index contributed by atoms with van der Waals surface area (Å²) in [4.78, 5) is 0. The molecule has 1 saturated carbocycles. The fraction of sp³-hybridized carbons (Fsp3) is 1.00. The monoisotopic (exact) mass is 156 g/mol. The molecule has 0 radical (unpaired) electrons. The standard InChI is InChI=1S/C10H20O/c1-3-8-5-6-9(7-8)10(11)4-2/h8-11H,3-7H2,1-2H3. The van der Waals surface area contributed by atoms with Gasteiger partial charge in [0.2, 0.25) is 0 Å². The molecule has 1 aliphatic rings. The van der Waals surface area contributed by atoms with Gasteiger partial charge in [0.25, 0.3) is 0 Å². The largest absolute Gasteiger partial charge is 0.393 e. The number of hydrogen-bond acceptors (Lipinski definition) is 1. The maximum atomic E-state index is 9.57. The highest BCUT2D eigenvalue weighted by Crippen LogP contribution is 2.35. The summed E-state index contributed by atoms with van der Waals surface area (Å²) < 4.78 is 0. The van der Waals surface area contributed by atoms with Crippen molar-refractivity contribution in [3.63, 3.8) is 0 Å². The molecule has 11 heavy (non-hydrogen) atoms. The van der Waals surface area contributed by atoms with Crippen LogP contribution in [0.2, 0.25) is 0 Å². The molecule has 1 aliphatic carbocycles. The molecule has 0 aliphatic heterocycles. The zero-order valence-electron chi connectivity index (χ0n) is 7.71. The Hall–Kier alpha value is -0.0400. The molecule has 66 valence electrons. The SMILES string of the molecule is CCC1CCC(C(O)CC)C1. The first kappa shape index (κ1) is 9.05. The fourth-order valence-corrected chi connectivity index (χ4v) is 2.17. The second-order valence-corrected chi connectivity index (χ2v) is 3.82. The van der Waals surface area contributed by atoms with Gasteiger partial charge in [-0.15, -0.1) is 0 Å². The third-order valence-corrected chi connectivity index (χ3v) is 3.12. The summed E-state index contributed by atoms with van der Waals surface area (Å²) in [5, 5.41) is 9.57. The van der Waals surface area contributed by atoms with Gasteiger partial charge in [0.05, 0.1) is 6.10 Å². The summed E-state index contributed by atoms with van der Waals surface area (Å²) >= 11 is 0. The molecule has 0 saturated heterocycles. The normalized spacial score (nSPS) is 34.1. The van der Waals surface area contributed by atoms with E-state index in [1.54, 1.807) is 0 Å². The molecular weight excluding hydrogens is 136 g/mol. The van der Waals surface area contributed by atoms with Gasteiger partial charge in [0.1, 0.15) is 0 Å². The molecule has 1 nitrogen and oxygen atoms in total. The summed E-state index contributed by atoms with van der Waals surface area (Å²) in [6, 6.07) is 0. The summed E-state index contributed by atoms with van der Waals surface area (Å²) in [5.41, 5.74) is 0. The summed E-state index contributed by atoms with van der Waals surface area (Å²) in [5.74, 6) is 1.52. The Bertz CT molecular complexity index is 111. The zero-order valence-corrected chi connectivity index (χ0v) is 7.71. The van der Waals surface area contributed by atoms with E-state index in [9.17, 15) is 5.11 Å². The summed E-state index contributed by atoms with van der Waals surface area (Å²) in [6.45, 7) is 4.33. The maximum Gasteiger partial charge on any atom is 0.0565 e. The van der Waals surface area contributed by atoms with E-state index in [0.717, 1.165) is 12.3 Å². The number of aliphatic hydroxyl groups excluding tert-OH is 1. The van der Waals surface area contributed by atoms with Gasteiger partial charge in [-0.25, -0.2) is 0 Å². The van der Waals surface area contributed by atoms with Crippen LogP contribution in [0.25, 0.3) is 0 Å². The van der Waals surface area contributed by atoms with Gasteiger partial charge < -0.3 is 5.11 Å². The Kier molecular flexibility index (Phi) is 3.38. The molecule has 3 atom stereocenters. The van der Waals surface area contributed by atoms with Crippen LogP contribution in [0.3, 0.4) is 0 Å². The van der Waals surface area contributed by atoms with E-state index in [2.05, 4.69) is 13.8 Å². The van der Waals surface area contributed by atoms with Crippen LogP contribution in [0.1, 0.15) is 46.0 Å². The van der Waals surface area contributed by atoms with Crippen LogP contribution in [-0.2, 0) is 0 Å². The van der Waals surface area contributed by atoms with Crippen LogP contribution in [-0.4, -0.2) is 11.2 Å². The number of aliphatic hydroxyl groups is 1. The average molecular weight is 156 g/mol. The van der Waals surface area contributed by atoms with Gasteiger partial charge in [-0.05, 0) is 31.1 Å². The highest BCUT2D eigenvalue weighted by atomic mass is 16.3. The summed E-state index contributed by atoms with van der Waals surface area (Å²) in [6.07, 6.45) is 6.08. The minimum Gasteiger partial charge on any atom is -0.393 e. The molecule has 1 heteroatoms. The van der Waals surface area contributed by atoms with E-state index >= 15 is 0 Å². The van der Waals surface area contributed by atoms with Crippen LogP contribution >= 0.6 is 0 Å². The third-order valence-electron chi connectivity index (χ3n) is 3.12. The first-order valence-corrected chi connectivity index (χ1v) is 4.96. The molecule has 0 spiro atoms. The van der Waals surface area contributed by atoms with Crippen molar-refractivity contribution in [1.82, 2.24) is 0 Å². The van der Waals surface area contributed by atoms with E-state index in [-0.39, 0.29) is 6.10 Å². The highest BCUT2D eigenvalue weighted by Gasteiger charge is 2.27. The molecule has 0 aromatic carbocycles. The van der Waals surface area contributed by atoms with Crippen molar-refractivity contribution in [2.24, 2.45) is 11.8 Å². The van der Waals surface area contributed by atoms with Crippen molar-refractivity contribution >= 4 is 0 Å². The molecule has 0 amide bonds. The van der Waals surface area contributed by atoms with Crippen LogP contribution in [0.15, 0.2) is 0 Å². The molecular formula is C10H20O. The van der Waals surface area contributed by atoms with Crippen molar-refractivity contribution in [3.8, 4) is 0 Å². The maximum absolute atomic E-state index is 9.57. The Balaban J connectivity index is 2.29. The second-order valence-electron chi connectivity index (χ2n) is 3.82. The van der Waals surface area contributed by atoms with E-state index < -0.39 is 0 Å². The molecule has 0 heterocycles. The lowest BCUT2D eigenvalue weighted by atomic mass is 9.96. The molecule has 1 fully saturated rings. The molecule has 1 rings (SSSR count). The van der Waals surface area contributed by atoms with Gasteiger partial charge in [-0.2, -0.15) is 0 Å². The van der Waals surface area contributed by atoms with Gasteiger partial charge in [0, 0.05) is 0 Å². The van der Waals surface area contributed by atoms with E-state index in [0.29, 0.717) is 5.92 Å². The number of rotatable bonds is 3. The van der Waals surface area contributed by atoms with Gasteiger partial charge >= 0.3 is 0 Å². The predicted octanol–water partition coefficient (Wildman–Crippen LogP) is 2.58. The van der Waals surface area contributed by atoms with Crippen molar-refractivity contribution in [3.05, 3.63) is 0 Å². The molecule has 0 aromatic rings. The average Bonchev–Trinajstić information content (AvgIpc) is 2.50. The third kappa shape index (κ3) is 2.19. The minimum absolute atomic E-state index is 0.0217. The Morgan fingerprint density at radius 2 is 2.09 bits per heavy atom. The number of hydrogen-bond donors (Lipinski definition) is 1. The fourth-order valence-electron chi connectivity index (χ4n) is 2.17. The van der Waals surface area contributed by atoms with Crippen molar-refractivity contribution in [1.29, 1.82) is 0 Å². The summed E-state index contributed by atoms with van der Waals surface area (Å²) in [7, 11) is 0. The predicted molar refractivity (Wildman–Crippen MR) is 47.4 cm³/mol. The molecule has 3 unspecified atom stereocenters. The van der Waals surface area contributed by atoms with E-state index in [1.807, 2.05) is 0 Å². The topological polar surface area (TPSA) is 20.2 Å². The van der Waals surface area contributed by atoms with Crippen LogP contribution < -0.4 is 0 Å². The Labute approximate surface area is 69.8 Å². The smallest absolute Gasteiger partial charge is 0.0565 e. The second kappa shape index (κ2) is 4.10. The van der Waals surface area contributed by atoms with E-state index in [4.69, 9.17) is 0 Å². The van der Waals surface area contributed by atoms with E-state index in [1.165, 1.54) is 25.7 Å².